The van der Waals surface area contributed by atoms with Gasteiger partial charge in [-0.05, 0) is 48.1 Å². The fraction of sp³-hybridized carbons (Fsp3) is 0.250. The Morgan fingerprint density at radius 3 is 2.71 bits per heavy atom. The molecule has 1 atom stereocenters. The number of ether oxygens (including phenoxy) is 1. The van der Waals surface area contributed by atoms with Gasteiger partial charge in [0, 0.05) is 9.37 Å². The molecule has 0 spiro atoms. The first-order valence-electron chi connectivity index (χ1n) is 6.61. The number of hydrogen-bond acceptors (Lipinski definition) is 4. The molecule has 3 N–H and O–H groups in total. The highest BCUT2D eigenvalue weighted by molar-refractivity contribution is 9.10. The van der Waals surface area contributed by atoms with Crippen LogP contribution in [0.1, 0.15) is 17.2 Å². The van der Waals surface area contributed by atoms with Crippen molar-refractivity contribution in [2.75, 3.05) is 13.4 Å². The summed E-state index contributed by atoms with van der Waals surface area (Å²) in [6.07, 6.45) is 2.84. The zero-order valence-corrected chi connectivity index (χ0v) is 14.5. The number of methoxy groups -OCH3 is 1. The topological polar surface area (TPSA) is 47.3 Å². The Bertz CT molecular complexity index is 607. The van der Waals surface area contributed by atoms with Crippen LogP contribution in [0, 0.1) is 0 Å². The summed E-state index contributed by atoms with van der Waals surface area (Å²) >= 11 is 5.24. The summed E-state index contributed by atoms with van der Waals surface area (Å²) in [5, 5.41) is 0. The predicted molar refractivity (Wildman–Crippen MR) is 92.7 cm³/mol. The lowest BCUT2D eigenvalue weighted by atomic mass is 9.98. The standard InChI is InChI=1S/C16H19BrN2OS/c1-20-15-8-7-12(17)9-11(15)10-14(19-18)13-5-3-4-6-16(13)21-2/h3-9,14,19H,10,18H2,1-2H3. The molecule has 21 heavy (non-hydrogen) atoms. The van der Waals surface area contributed by atoms with Crippen molar-refractivity contribution < 1.29 is 4.74 Å². The average Bonchev–Trinajstić information content (AvgIpc) is 2.52. The van der Waals surface area contributed by atoms with Gasteiger partial charge < -0.3 is 4.74 Å². The van der Waals surface area contributed by atoms with E-state index in [0.717, 1.165) is 22.2 Å². The first-order chi connectivity index (χ1) is 10.2. The number of hydrazine groups is 1. The number of nitrogens with two attached hydrogens (primary N) is 1. The molecule has 2 rings (SSSR count). The second-order valence-electron chi connectivity index (χ2n) is 4.62. The van der Waals surface area contributed by atoms with Gasteiger partial charge in [0.2, 0.25) is 0 Å². The maximum Gasteiger partial charge on any atom is 0.122 e. The lowest BCUT2D eigenvalue weighted by Gasteiger charge is -2.20. The van der Waals surface area contributed by atoms with E-state index in [9.17, 15) is 0 Å². The summed E-state index contributed by atoms with van der Waals surface area (Å²) in [6.45, 7) is 0. The molecule has 2 aromatic carbocycles. The molecule has 0 heterocycles. The SMILES string of the molecule is COc1ccc(Br)cc1CC(NN)c1ccccc1SC. The Morgan fingerprint density at radius 2 is 2.05 bits per heavy atom. The summed E-state index contributed by atoms with van der Waals surface area (Å²) in [5.74, 6) is 6.67. The second kappa shape index (κ2) is 7.84. The minimum atomic E-state index is 0.0387. The van der Waals surface area contributed by atoms with Gasteiger partial charge in [0.15, 0.2) is 0 Å². The normalized spacial score (nSPS) is 12.2. The molecule has 3 nitrogen and oxygen atoms in total. The fourth-order valence-corrected chi connectivity index (χ4v) is 3.41. The highest BCUT2D eigenvalue weighted by atomic mass is 79.9. The van der Waals surface area contributed by atoms with Gasteiger partial charge in [0.05, 0.1) is 13.2 Å². The molecule has 0 amide bonds. The predicted octanol–water partition coefficient (Wildman–Crippen LogP) is 3.93. The van der Waals surface area contributed by atoms with E-state index in [4.69, 9.17) is 10.6 Å². The Hall–Kier alpha value is -1.01. The van der Waals surface area contributed by atoms with Gasteiger partial charge in [-0.15, -0.1) is 11.8 Å². The molecule has 0 bridgehead atoms. The molecule has 2 aromatic rings. The number of rotatable bonds is 6. The Labute approximate surface area is 138 Å². The van der Waals surface area contributed by atoms with Crippen molar-refractivity contribution in [3.63, 3.8) is 0 Å². The third-order valence-electron chi connectivity index (χ3n) is 3.38. The minimum Gasteiger partial charge on any atom is -0.496 e. The number of nitrogens with one attached hydrogen (secondary N) is 1. The van der Waals surface area contributed by atoms with E-state index in [1.807, 2.05) is 24.3 Å². The first kappa shape index (κ1) is 16.4. The highest BCUT2D eigenvalue weighted by Gasteiger charge is 2.16. The molecule has 5 heteroatoms. The number of thioether (sulfide) groups is 1. The summed E-state index contributed by atoms with van der Waals surface area (Å²) < 4.78 is 6.48. The number of benzene rings is 2. The van der Waals surface area contributed by atoms with Crippen LogP contribution in [0.25, 0.3) is 0 Å². The Balaban J connectivity index is 2.33. The van der Waals surface area contributed by atoms with Gasteiger partial charge in [-0.3, -0.25) is 11.3 Å². The molecule has 0 aromatic heterocycles. The van der Waals surface area contributed by atoms with Gasteiger partial charge in [-0.1, -0.05) is 34.1 Å². The molecule has 112 valence electrons. The maximum absolute atomic E-state index is 5.79. The zero-order valence-electron chi connectivity index (χ0n) is 12.1. The van der Waals surface area contributed by atoms with Crippen molar-refractivity contribution in [3.8, 4) is 5.75 Å². The number of hydrogen-bond donors (Lipinski definition) is 2. The highest BCUT2D eigenvalue weighted by Crippen LogP contribution is 2.31. The van der Waals surface area contributed by atoms with Crippen molar-refractivity contribution in [3.05, 3.63) is 58.1 Å². The van der Waals surface area contributed by atoms with E-state index < -0.39 is 0 Å². The summed E-state index contributed by atoms with van der Waals surface area (Å²) in [7, 11) is 1.69. The average molecular weight is 367 g/mol. The maximum atomic E-state index is 5.79. The lowest BCUT2D eigenvalue weighted by Crippen LogP contribution is -2.30. The van der Waals surface area contributed by atoms with Crippen LogP contribution in [0.3, 0.4) is 0 Å². The van der Waals surface area contributed by atoms with Gasteiger partial charge in [0.1, 0.15) is 5.75 Å². The molecular weight excluding hydrogens is 348 g/mol. The van der Waals surface area contributed by atoms with Crippen molar-refractivity contribution in [1.29, 1.82) is 0 Å². The summed E-state index contributed by atoms with van der Waals surface area (Å²) in [6, 6.07) is 14.4. The first-order valence-corrected chi connectivity index (χ1v) is 8.62. The van der Waals surface area contributed by atoms with Crippen LogP contribution in [-0.4, -0.2) is 13.4 Å². The quantitative estimate of drug-likeness (QED) is 0.462. The van der Waals surface area contributed by atoms with E-state index in [-0.39, 0.29) is 6.04 Å². The lowest BCUT2D eigenvalue weighted by molar-refractivity contribution is 0.405. The molecule has 0 aliphatic rings. The van der Waals surface area contributed by atoms with E-state index in [1.54, 1.807) is 18.9 Å². The van der Waals surface area contributed by atoms with Crippen LogP contribution in [0.4, 0.5) is 0 Å². The smallest absolute Gasteiger partial charge is 0.122 e. The number of halogens is 1. The summed E-state index contributed by atoms with van der Waals surface area (Å²) in [4.78, 5) is 1.23. The van der Waals surface area contributed by atoms with E-state index in [1.165, 1.54) is 10.5 Å². The second-order valence-corrected chi connectivity index (χ2v) is 6.39. The molecule has 0 aliphatic heterocycles. The van der Waals surface area contributed by atoms with Gasteiger partial charge in [-0.2, -0.15) is 0 Å². The molecular formula is C16H19BrN2OS. The van der Waals surface area contributed by atoms with Gasteiger partial charge in [-0.25, -0.2) is 0 Å². The van der Waals surface area contributed by atoms with E-state index in [2.05, 4.69) is 45.8 Å². The van der Waals surface area contributed by atoms with E-state index in [0.29, 0.717) is 0 Å². The fourth-order valence-electron chi connectivity index (χ4n) is 2.34. The summed E-state index contributed by atoms with van der Waals surface area (Å²) in [5.41, 5.74) is 5.25. The van der Waals surface area contributed by atoms with Crippen molar-refractivity contribution in [2.45, 2.75) is 17.4 Å². The molecule has 0 saturated carbocycles. The monoisotopic (exact) mass is 366 g/mol. The van der Waals surface area contributed by atoms with Crippen LogP contribution >= 0.6 is 27.7 Å². The molecule has 0 fully saturated rings. The van der Waals surface area contributed by atoms with Crippen LogP contribution in [0.5, 0.6) is 5.75 Å². The van der Waals surface area contributed by atoms with Crippen molar-refractivity contribution in [2.24, 2.45) is 5.84 Å². The molecule has 0 aliphatic carbocycles. The molecule has 0 saturated heterocycles. The third kappa shape index (κ3) is 4.01. The molecule has 1 unspecified atom stereocenters. The van der Waals surface area contributed by atoms with Crippen molar-refractivity contribution >= 4 is 27.7 Å². The Morgan fingerprint density at radius 1 is 1.29 bits per heavy atom. The van der Waals surface area contributed by atoms with Crippen LogP contribution in [0.2, 0.25) is 0 Å². The van der Waals surface area contributed by atoms with Gasteiger partial charge in [0.25, 0.3) is 0 Å². The molecule has 0 radical (unpaired) electrons. The van der Waals surface area contributed by atoms with Crippen LogP contribution in [-0.2, 0) is 6.42 Å². The van der Waals surface area contributed by atoms with Crippen LogP contribution in [0.15, 0.2) is 51.8 Å². The van der Waals surface area contributed by atoms with Gasteiger partial charge >= 0.3 is 0 Å². The van der Waals surface area contributed by atoms with E-state index >= 15 is 0 Å². The third-order valence-corrected chi connectivity index (χ3v) is 4.69. The largest absolute Gasteiger partial charge is 0.496 e. The van der Waals surface area contributed by atoms with Crippen LogP contribution < -0.4 is 16.0 Å². The Kier molecular flexibility index (Phi) is 6.11. The zero-order chi connectivity index (χ0) is 15.2. The minimum absolute atomic E-state index is 0.0387. The van der Waals surface area contributed by atoms with Crippen molar-refractivity contribution in [1.82, 2.24) is 5.43 Å².